The van der Waals surface area contributed by atoms with E-state index in [1.54, 1.807) is 0 Å². The summed E-state index contributed by atoms with van der Waals surface area (Å²) >= 11 is 0. The molecule has 1 aliphatic heterocycles. The number of rotatable bonds is 2. The molecule has 1 saturated heterocycles. The van der Waals surface area contributed by atoms with Gasteiger partial charge in [-0.05, 0) is 12.5 Å². The molecule has 0 radical (unpaired) electrons. The van der Waals surface area contributed by atoms with Crippen molar-refractivity contribution >= 4 is 22.4 Å². The molecule has 0 spiro atoms. The van der Waals surface area contributed by atoms with E-state index in [4.69, 9.17) is 5.73 Å². The zero-order chi connectivity index (χ0) is 11.8. The van der Waals surface area contributed by atoms with E-state index < -0.39 is 15.8 Å². The lowest BCUT2D eigenvalue weighted by molar-refractivity contribution is 0.471. The van der Waals surface area contributed by atoms with Crippen LogP contribution in [0.4, 0.5) is 4.39 Å². The lowest BCUT2D eigenvalue weighted by atomic mass is 10.3. The average molecular weight is 282 g/mol. The molecule has 96 valence electrons. The largest absolute Gasteiger partial charge is 0.326 e. The fraction of sp³-hybridized carbons (Fsp3) is 0.444. The summed E-state index contributed by atoms with van der Waals surface area (Å²) < 4.78 is 38.1. The van der Waals surface area contributed by atoms with Gasteiger partial charge in [-0.15, -0.1) is 12.4 Å². The van der Waals surface area contributed by atoms with E-state index in [0.717, 1.165) is 18.5 Å². The van der Waals surface area contributed by atoms with E-state index in [-0.39, 0.29) is 29.9 Å². The molecule has 2 heterocycles. The van der Waals surface area contributed by atoms with Gasteiger partial charge in [0.1, 0.15) is 10.7 Å². The topological polar surface area (TPSA) is 76.3 Å². The van der Waals surface area contributed by atoms with E-state index in [1.165, 1.54) is 4.31 Å². The number of pyridine rings is 1. The highest BCUT2D eigenvalue weighted by atomic mass is 35.5. The molecule has 1 aromatic rings. The normalized spacial score (nSPS) is 21.2. The van der Waals surface area contributed by atoms with Crippen molar-refractivity contribution in [2.45, 2.75) is 17.4 Å². The van der Waals surface area contributed by atoms with Gasteiger partial charge in [0.25, 0.3) is 0 Å². The van der Waals surface area contributed by atoms with Crippen molar-refractivity contribution in [3.8, 4) is 0 Å². The van der Waals surface area contributed by atoms with Crippen LogP contribution in [0.25, 0.3) is 0 Å². The maximum atomic E-state index is 12.9. The smallest absolute Gasteiger partial charge is 0.244 e. The van der Waals surface area contributed by atoms with Crippen molar-refractivity contribution in [3.63, 3.8) is 0 Å². The lowest BCUT2D eigenvalue weighted by Crippen LogP contribution is -2.32. The van der Waals surface area contributed by atoms with Crippen LogP contribution in [0.5, 0.6) is 0 Å². The van der Waals surface area contributed by atoms with Gasteiger partial charge in [-0.1, -0.05) is 0 Å². The summed E-state index contributed by atoms with van der Waals surface area (Å²) in [4.78, 5) is 3.41. The van der Waals surface area contributed by atoms with Crippen LogP contribution in [0.2, 0.25) is 0 Å². The molecule has 0 amide bonds. The third-order valence-corrected chi connectivity index (χ3v) is 4.34. The Hall–Kier alpha value is -0.760. The van der Waals surface area contributed by atoms with Gasteiger partial charge in [-0.2, -0.15) is 4.31 Å². The SMILES string of the molecule is Cl.N[C@@H]1CCN(S(=O)(=O)c2cncc(F)c2)C1. The van der Waals surface area contributed by atoms with Gasteiger partial charge in [0, 0.05) is 25.3 Å². The first kappa shape index (κ1) is 14.3. The summed E-state index contributed by atoms with van der Waals surface area (Å²) in [7, 11) is -3.64. The maximum absolute atomic E-state index is 12.9. The first-order chi connectivity index (χ1) is 7.50. The molecule has 1 aromatic heterocycles. The molecule has 2 N–H and O–H groups in total. The molecule has 0 unspecified atom stereocenters. The fourth-order valence-electron chi connectivity index (χ4n) is 1.65. The molecule has 0 aromatic carbocycles. The zero-order valence-electron chi connectivity index (χ0n) is 8.91. The van der Waals surface area contributed by atoms with Crippen LogP contribution < -0.4 is 5.73 Å². The summed E-state index contributed by atoms with van der Waals surface area (Å²) in [5.41, 5.74) is 5.63. The highest BCUT2D eigenvalue weighted by Crippen LogP contribution is 2.19. The Morgan fingerprint density at radius 2 is 2.18 bits per heavy atom. The Bertz CT molecular complexity index is 497. The molecule has 0 saturated carbocycles. The van der Waals surface area contributed by atoms with Crippen LogP contribution in [0.1, 0.15) is 6.42 Å². The first-order valence-corrected chi connectivity index (χ1v) is 6.30. The van der Waals surface area contributed by atoms with Crippen molar-refractivity contribution in [1.82, 2.24) is 9.29 Å². The molecule has 1 atom stereocenters. The van der Waals surface area contributed by atoms with Gasteiger partial charge in [-0.3, -0.25) is 4.98 Å². The molecule has 17 heavy (non-hydrogen) atoms. The van der Waals surface area contributed by atoms with Crippen LogP contribution >= 0.6 is 12.4 Å². The Labute approximate surface area is 105 Å². The highest BCUT2D eigenvalue weighted by Gasteiger charge is 2.31. The Kier molecular flexibility index (Phi) is 4.42. The minimum Gasteiger partial charge on any atom is -0.326 e. The minimum absolute atomic E-state index is 0. The standard InChI is InChI=1S/C9H12FN3O2S.ClH/c10-7-3-9(5-12-4-7)16(14,15)13-2-1-8(11)6-13;/h3-5,8H,1-2,6,11H2;1H/t8-;/m1./s1. The molecule has 0 aliphatic carbocycles. The lowest BCUT2D eigenvalue weighted by Gasteiger charge is -2.15. The molecule has 8 heteroatoms. The second kappa shape index (κ2) is 5.26. The van der Waals surface area contributed by atoms with E-state index in [0.29, 0.717) is 13.0 Å². The summed E-state index contributed by atoms with van der Waals surface area (Å²) in [6.45, 7) is 0.652. The van der Waals surface area contributed by atoms with Gasteiger partial charge in [0.2, 0.25) is 10.0 Å². The van der Waals surface area contributed by atoms with Crippen LogP contribution in [0.15, 0.2) is 23.4 Å². The van der Waals surface area contributed by atoms with Crippen molar-refractivity contribution < 1.29 is 12.8 Å². The number of nitrogens with two attached hydrogens (primary N) is 1. The Morgan fingerprint density at radius 1 is 1.47 bits per heavy atom. The van der Waals surface area contributed by atoms with Gasteiger partial charge in [0.05, 0.1) is 6.20 Å². The maximum Gasteiger partial charge on any atom is 0.244 e. The minimum atomic E-state index is -3.64. The number of hydrogen-bond donors (Lipinski definition) is 1. The van der Waals surface area contributed by atoms with Gasteiger partial charge in [-0.25, -0.2) is 12.8 Å². The number of aromatic nitrogens is 1. The van der Waals surface area contributed by atoms with Crippen molar-refractivity contribution in [3.05, 3.63) is 24.3 Å². The first-order valence-electron chi connectivity index (χ1n) is 4.86. The van der Waals surface area contributed by atoms with Crippen LogP contribution in [0, 0.1) is 5.82 Å². The third kappa shape index (κ3) is 2.92. The Morgan fingerprint density at radius 3 is 2.71 bits per heavy atom. The van der Waals surface area contributed by atoms with E-state index in [1.807, 2.05) is 0 Å². The van der Waals surface area contributed by atoms with Crippen molar-refractivity contribution in [2.24, 2.45) is 5.73 Å². The van der Waals surface area contributed by atoms with E-state index >= 15 is 0 Å². The average Bonchev–Trinajstić information content (AvgIpc) is 2.65. The summed E-state index contributed by atoms with van der Waals surface area (Å²) in [6, 6.07) is 0.822. The molecule has 1 aliphatic rings. The van der Waals surface area contributed by atoms with Crippen LogP contribution in [0.3, 0.4) is 0 Å². The molecule has 0 bridgehead atoms. The molecular weight excluding hydrogens is 269 g/mol. The molecule has 1 fully saturated rings. The molecule has 5 nitrogen and oxygen atoms in total. The monoisotopic (exact) mass is 281 g/mol. The predicted octanol–water partition coefficient (Wildman–Crippen LogP) is 0.364. The predicted molar refractivity (Wildman–Crippen MR) is 62.8 cm³/mol. The number of hydrogen-bond acceptors (Lipinski definition) is 4. The number of sulfonamides is 1. The van der Waals surface area contributed by atoms with Crippen LogP contribution in [-0.2, 0) is 10.0 Å². The Balaban J connectivity index is 0.00000144. The van der Waals surface area contributed by atoms with Gasteiger partial charge >= 0.3 is 0 Å². The summed E-state index contributed by atoms with van der Waals surface area (Å²) in [5.74, 6) is -0.662. The van der Waals surface area contributed by atoms with E-state index in [2.05, 4.69) is 4.98 Å². The van der Waals surface area contributed by atoms with Gasteiger partial charge < -0.3 is 5.73 Å². The fourth-order valence-corrected chi connectivity index (χ4v) is 3.14. The number of halogens is 2. The molecular formula is C9H13ClFN3O2S. The van der Waals surface area contributed by atoms with E-state index in [9.17, 15) is 12.8 Å². The summed E-state index contributed by atoms with van der Waals surface area (Å²) in [6.07, 6.45) is 2.74. The quantitative estimate of drug-likeness (QED) is 0.849. The van der Waals surface area contributed by atoms with Crippen molar-refractivity contribution in [2.75, 3.05) is 13.1 Å². The molecule has 2 rings (SSSR count). The van der Waals surface area contributed by atoms with Crippen molar-refractivity contribution in [1.29, 1.82) is 0 Å². The second-order valence-electron chi connectivity index (χ2n) is 3.75. The zero-order valence-corrected chi connectivity index (χ0v) is 10.5. The number of nitrogens with zero attached hydrogens (tertiary/aromatic N) is 2. The summed E-state index contributed by atoms with van der Waals surface area (Å²) in [5, 5.41) is 0. The van der Waals surface area contributed by atoms with Crippen LogP contribution in [-0.4, -0.2) is 36.8 Å². The van der Waals surface area contributed by atoms with Gasteiger partial charge in [0.15, 0.2) is 0 Å². The third-order valence-electron chi connectivity index (χ3n) is 2.51. The highest BCUT2D eigenvalue weighted by molar-refractivity contribution is 7.89. The second-order valence-corrected chi connectivity index (χ2v) is 5.69.